The normalized spacial score (nSPS) is 18.3. The van der Waals surface area contributed by atoms with E-state index in [-0.39, 0.29) is 29.2 Å². The molecule has 1 atom stereocenters. The highest BCUT2D eigenvalue weighted by molar-refractivity contribution is 6.17. The molecule has 2 aliphatic rings. The van der Waals surface area contributed by atoms with Crippen LogP contribution < -0.4 is 10.3 Å². The monoisotopic (exact) mass is 476 g/mol. The number of hydrogen-bond acceptors (Lipinski definition) is 4. The summed E-state index contributed by atoms with van der Waals surface area (Å²) in [5.41, 5.74) is 2.63. The van der Waals surface area contributed by atoms with Gasteiger partial charge in [-0.25, -0.2) is 0 Å². The summed E-state index contributed by atoms with van der Waals surface area (Å²) in [5, 5.41) is 0.351. The molecule has 4 aromatic rings. The largest absolute Gasteiger partial charge is 0.450 e. The lowest BCUT2D eigenvalue weighted by molar-refractivity contribution is -0.126. The van der Waals surface area contributed by atoms with Crippen LogP contribution in [-0.4, -0.2) is 23.3 Å². The van der Waals surface area contributed by atoms with Crippen LogP contribution in [-0.2, 0) is 16.9 Å². The van der Waals surface area contributed by atoms with Gasteiger partial charge in [0.15, 0.2) is 11.0 Å². The summed E-state index contributed by atoms with van der Waals surface area (Å²) in [5.74, 6) is -0.930. The molecule has 0 aliphatic carbocycles. The first-order valence-corrected chi connectivity index (χ1v) is 11.9. The van der Waals surface area contributed by atoms with Crippen molar-refractivity contribution in [2.75, 3.05) is 11.4 Å². The summed E-state index contributed by atoms with van der Waals surface area (Å²) >= 11 is 0. The predicted molar refractivity (Wildman–Crippen MR) is 138 cm³/mol. The van der Waals surface area contributed by atoms with Crippen LogP contribution in [0.25, 0.3) is 11.0 Å². The van der Waals surface area contributed by atoms with Crippen molar-refractivity contribution in [3.63, 3.8) is 0 Å². The van der Waals surface area contributed by atoms with E-state index in [4.69, 9.17) is 4.42 Å². The van der Waals surface area contributed by atoms with Gasteiger partial charge in [0.05, 0.1) is 23.2 Å². The fourth-order valence-corrected chi connectivity index (χ4v) is 5.52. The molecule has 2 aliphatic heterocycles. The number of carbonyl (C=O) groups excluding carboxylic acids is 2. The highest BCUT2D eigenvalue weighted by atomic mass is 16.3. The van der Waals surface area contributed by atoms with Gasteiger partial charge in [0.2, 0.25) is 5.76 Å². The third-order valence-corrected chi connectivity index (χ3v) is 7.16. The van der Waals surface area contributed by atoms with Crippen molar-refractivity contribution < 1.29 is 14.0 Å². The third kappa shape index (κ3) is 2.81. The van der Waals surface area contributed by atoms with Crippen molar-refractivity contribution in [3.8, 4) is 0 Å². The summed E-state index contributed by atoms with van der Waals surface area (Å²) in [6, 6.07) is 20.6. The topological polar surface area (TPSA) is 70.8 Å². The minimum atomic E-state index is -1.62. The second-order valence-electron chi connectivity index (χ2n) is 9.44. The molecule has 3 aromatic carbocycles. The summed E-state index contributed by atoms with van der Waals surface area (Å²) in [4.78, 5) is 45.4. The lowest BCUT2D eigenvalue weighted by Crippen LogP contribution is -2.53. The van der Waals surface area contributed by atoms with Gasteiger partial charge in [-0.05, 0) is 37.6 Å². The Hall–Kier alpha value is -4.45. The lowest BCUT2D eigenvalue weighted by atomic mass is 9.84. The molecule has 178 valence electrons. The van der Waals surface area contributed by atoms with Crippen molar-refractivity contribution in [2.45, 2.75) is 25.9 Å². The number of anilines is 1. The molecule has 3 heterocycles. The van der Waals surface area contributed by atoms with Crippen LogP contribution in [0, 0.1) is 13.8 Å². The van der Waals surface area contributed by atoms with Crippen molar-refractivity contribution in [2.24, 2.45) is 0 Å². The number of nitrogens with zero attached hydrogens (tertiary/aromatic N) is 2. The SMILES string of the molecule is C=CCN1C(=O)c2oc3ccc(C)cc3c(=O)c2C12C(=O)N(Cc1ccc(C)cc1)c1ccccc12. The van der Waals surface area contributed by atoms with E-state index < -0.39 is 11.4 Å². The minimum Gasteiger partial charge on any atom is -0.450 e. The highest BCUT2D eigenvalue weighted by Gasteiger charge is 2.64. The standard InChI is InChI=1S/C30H24N2O4/c1-4-15-32-28(34)27-25(26(33)21-16-19(3)11-14-24(21)36-27)30(32)22-7-5-6-8-23(22)31(29(30)35)17-20-12-9-18(2)10-13-20/h4-14,16H,1,15,17H2,2-3H3. The fraction of sp³-hybridized carbons (Fsp3) is 0.167. The van der Waals surface area contributed by atoms with Gasteiger partial charge in [-0.3, -0.25) is 14.4 Å². The molecule has 0 fully saturated rings. The zero-order chi connectivity index (χ0) is 25.2. The van der Waals surface area contributed by atoms with Crippen LogP contribution >= 0.6 is 0 Å². The highest BCUT2D eigenvalue weighted by Crippen LogP contribution is 2.52. The summed E-state index contributed by atoms with van der Waals surface area (Å²) < 4.78 is 6.05. The molecule has 6 nitrogen and oxygen atoms in total. The fourth-order valence-electron chi connectivity index (χ4n) is 5.52. The summed E-state index contributed by atoms with van der Waals surface area (Å²) in [7, 11) is 0. The van der Waals surface area contributed by atoms with E-state index in [0.29, 0.717) is 28.8 Å². The van der Waals surface area contributed by atoms with E-state index in [1.807, 2.05) is 68.4 Å². The number of carbonyl (C=O) groups is 2. The van der Waals surface area contributed by atoms with E-state index in [9.17, 15) is 14.4 Å². The Balaban J connectivity index is 1.66. The maximum atomic E-state index is 14.5. The number of amides is 2. The minimum absolute atomic E-state index is 0.0797. The number of rotatable bonds is 4. The Labute approximate surface area is 208 Å². The molecule has 1 spiro atoms. The smallest absolute Gasteiger partial charge is 0.291 e. The van der Waals surface area contributed by atoms with E-state index in [2.05, 4.69) is 6.58 Å². The average Bonchev–Trinajstić information content (AvgIpc) is 3.26. The first-order chi connectivity index (χ1) is 17.4. The van der Waals surface area contributed by atoms with Gasteiger partial charge in [0.1, 0.15) is 5.58 Å². The van der Waals surface area contributed by atoms with E-state index in [1.165, 1.54) is 4.90 Å². The van der Waals surface area contributed by atoms with Crippen molar-refractivity contribution in [1.82, 2.24) is 4.90 Å². The third-order valence-electron chi connectivity index (χ3n) is 7.16. The summed E-state index contributed by atoms with van der Waals surface area (Å²) in [6.45, 7) is 8.09. The Morgan fingerprint density at radius 2 is 1.67 bits per heavy atom. The van der Waals surface area contributed by atoms with Crippen molar-refractivity contribution >= 4 is 28.5 Å². The molecule has 1 unspecified atom stereocenters. The number of para-hydroxylation sites is 1. The molecule has 1 aromatic heterocycles. The predicted octanol–water partition coefficient (Wildman–Crippen LogP) is 4.84. The molecule has 0 N–H and O–H groups in total. The van der Waals surface area contributed by atoms with Crippen LogP contribution in [0.4, 0.5) is 5.69 Å². The van der Waals surface area contributed by atoms with Crippen LogP contribution in [0.1, 0.15) is 38.4 Å². The van der Waals surface area contributed by atoms with Gasteiger partial charge in [0, 0.05) is 12.1 Å². The Kier molecular flexibility index (Phi) is 4.76. The van der Waals surface area contributed by atoms with Gasteiger partial charge in [-0.15, -0.1) is 6.58 Å². The zero-order valence-corrected chi connectivity index (χ0v) is 20.1. The van der Waals surface area contributed by atoms with E-state index in [1.54, 1.807) is 23.1 Å². The van der Waals surface area contributed by atoms with Crippen molar-refractivity contribution in [3.05, 3.63) is 123 Å². The van der Waals surface area contributed by atoms with Gasteiger partial charge in [-0.1, -0.05) is 65.7 Å². The molecule has 0 bridgehead atoms. The summed E-state index contributed by atoms with van der Waals surface area (Å²) in [6.07, 6.45) is 1.57. The van der Waals surface area contributed by atoms with Gasteiger partial charge in [0.25, 0.3) is 11.8 Å². The molecule has 36 heavy (non-hydrogen) atoms. The Morgan fingerprint density at radius 1 is 0.944 bits per heavy atom. The second kappa shape index (κ2) is 7.78. The van der Waals surface area contributed by atoms with Crippen LogP contribution in [0.15, 0.2) is 88.6 Å². The molecule has 0 saturated carbocycles. The quantitative estimate of drug-likeness (QED) is 0.395. The molecule has 2 amide bonds. The van der Waals surface area contributed by atoms with Gasteiger partial charge in [-0.2, -0.15) is 0 Å². The van der Waals surface area contributed by atoms with Gasteiger partial charge < -0.3 is 14.2 Å². The number of fused-ring (bicyclic) bond motifs is 5. The van der Waals surface area contributed by atoms with Crippen LogP contribution in [0.5, 0.6) is 0 Å². The molecular weight excluding hydrogens is 452 g/mol. The Morgan fingerprint density at radius 3 is 2.42 bits per heavy atom. The number of aryl methyl sites for hydroxylation is 2. The lowest BCUT2D eigenvalue weighted by Gasteiger charge is -2.33. The van der Waals surface area contributed by atoms with Gasteiger partial charge >= 0.3 is 0 Å². The average molecular weight is 477 g/mol. The van der Waals surface area contributed by atoms with Crippen LogP contribution in [0.2, 0.25) is 0 Å². The van der Waals surface area contributed by atoms with Crippen molar-refractivity contribution in [1.29, 1.82) is 0 Å². The molecule has 0 saturated heterocycles. The van der Waals surface area contributed by atoms with Crippen LogP contribution in [0.3, 0.4) is 0 Å². The molecule has 6 rings (SSSR count). The first-order valence-electron chi connectivity index (χ1n) is 11.9. The second-order valence-corrected chi connectivity index (χ2v) is 9.44. The maximum absolute atomic E-state index is 14.5. The number of hydrogen-bond donors (Lipinski definition) is 0. The number of benzene rings is 3. The Bertz CT molecular complexity index is 1650. The molecule has 0 radical (unpaired) electrons. The maximum Gasteiger partial charge on any atom is 0.291 e. The molecule has 6 heteroatoms. The van der Waals surface area contributed by atoms with E-state index in [0.717, 1.165) is 16.7 Å². The molecular formula is C30H24N2O4. The first kappa shape index (κ1) is 22.0. The van der Waals surface area contributed by atoms with E-state index >= 15 is 0 Å². The zero-order valence-electron chi connectivity index (χ0n) is 20.1.